The van der Waals surface area contributed by atoms with Gasteiger partial charge in [0.1, 0.15) is 12.4 Å². The highest BCUT2D eigenvalue weighted by atomic mass is 16.5. The molecule has 2 aromatic heterocycles. The van der Waals surface area contributed by atoms with Crippen LogP contribution in [-0.2, 0) is 6.54 Å². The van der Waals surface area contributed by atoms with Crippen molar-refractivity contribution in [2.24, 2.45) is 0 Å². The molecule has 0 aliphatic rings. The highest BCUT2D eigenvalue weighted by Gasteiger charge is 2.15. The van der Waals surface area contributed by atoms with Gasteiger partial charge in [0.25, 0.3) is 0 Å². The van der Waals surface area contributed by atoms with Gasteiger partial charge in [-0.05, 0) is 54.3 Å². The number of furan rings is 1. The van der Waals surface area contributed by atoms with Crippen LogP contribution < -0.4 is 4.74 Å². The first-order valence-corrected chi connectivity index (χ1v) is 9.36. The predicted octanol–water partition coefficient (Wildman–Crippen LogP) is 5.81. The molecule has 0 aliphatic heterocycles. The third kappa shape index (κ3) is 3.47. The van der Waals surface area contributed by atoms with Crippen molar-refractivity contribution in [3.63, 3.8) is 0 Å². The Kier molecular flexibility index (Phi) is 4.71. The van der Waals surface area contributed by atoms with E-state index in [4.69, 9.17) is 14.1 Å². The van der Waals surface area contributed by atoms with E-state index in [-0.39, 0.29) is 0 Å². The molecule has 4 aromatic rings. The van der Waals surface area contributed by atoms with Crippen LogP contribution in [0.3, 0.4) is 0 Å². The summed E-state index contributed by atoms with van der Waals surface area (Å²) in [6.45, 7) is 7.74. The summed E-state index contributed by atoms with van der Waals surface area (Å²) in [5.74, 6) is 2.99. The lowest BCUT2D eigenvalue weighted by molar-refractivity contribution is 0.296. The average molecular weight is 360 g/mol. The molecule has 0 bridgehead atoms. The van der Waals surface area contributed by atoms with Crippen LogP contribution in [0, 0.1) is 6.92 Å². The zero-order chi connectivity index (χ0) is 18.8. The van der Waals surface area contributed by atoms with Crippen molar-refractivity contribution in [1.82, 2.24) is 9.55 Å². The second-order valence-corrected chi connectivity index (χ2v) is 7.10. The molecule has 0 atom stereocenters. The molecule has 4 heteroatoms. The maximum atomic E-state index is 6.19. The van der Waals surface area contributed by atoms with Gasteiger partial charge in [-0.3, -0.25) is 0 Å². The third-order valence-corrected chi connectivity index (χ3v) is 4.76. The second kappa shape index (κ2) is 7.31. The summed E-state index contributed by atoms with van der Waals surface area (Å²) in [5, 5.41) is 0. The Balaban J connectivity index is 1.62. The Bertz CT molecular complexity index is 1050. The molecule has 0 unspecified atom stereocenters. The minimum atomic E-state index is 0.424. The molecule has 0 saturated heterocycles. The van der Waals surface area contributed by atoms with Gasteiger partial charge >= 0.3 is 0 Å². The Morgan fingerprint density at radius 2 is 1.93 bits per heavy atom. The Morgan fingerprint density at radius 1 is 1.07 bits per heavy atom. The Hall–Kier alpha value is -3.01. The van der Waals surface area contributed by atoms with Crippen molar-refractivity contribution in [3.8, 4) is 17.3 Å². The fourth-order valence-corrected chi connectivity index (χ4v) is 3.39. The smallest absolute Gasteiger partial charge is 0.177 e. The number of aromatic nitrogens is 2. The van der Waals surface area contributed by atoms with E-state index in [9.17, 15) is 0 Å². The van der Waals surface area contributed by atoms with E-state index in [0.717, 1.165) is 28.4 Å². The van der Waals surface area contributed by atoms with Gasteiger partial charge in [0.15, 0.2) is 11.6 Å². The fraction of sp³-hybridized carbons (Fsp3) is 0.261. The normalized spacial score (nSPS) is 11.4. The molecule has 138 valence electrons. The highest BCUT2D eigenvalue weighted by molar-refractivity contribution is 5.79. The number of para-hydroxylation sites is 2. The van der Waals surface area contributed by atoms with Crippen molar-refractivity contribution in [3.05, 3.63) is 72.0 Å². The molecule has 0 radical (unpaired) electrons. The topological polar surface area (TPSA) is 40.2 Å². The van der Waals surface area contributed by atoms with Crippen LogP contribution in [0.5, 0.6) is 5.75 Å². The van der Waals surface area contributed by atoms with E-state index in [1.165, 1.54) is 11.1 Å². The van der Waals surface area contributed by atoms with Gasteiger partial charge in [0, 0.05) is 0 Å². The van der Waals surface area contributed by atoms with Gasteiger partial charge in [-0.25, -0.2) is 4.98 Å². The zero-order valence-electron chi connectivity index (χ0n) is 16.0. The number of ether oxygens (including phenoxy) is 1. The number of imidazole rings is 1. The van der Waals surface area contributed by atoms with Crippen molar-refractivity contribution in [2.45, 2.75) is 33.2 Å². The summed E-state index contributed by atoms with van der Waals surface area (Å²) < 4.78 is 14.0. The van der Waals surface area contributed by atoms with Crippen LogP contribution in [0.1, 0.15) is 30.9 Å². The van der Waals surface area contributed by atoms with Gasteiger partial charge in [0.2, 0.25) is 0 Å². The lowest BCUT2D eigenvalue weighted by atomic mass is 10.0. The first kappa shape index (κ1) is 17.4. The molecule has 4 rings (SSSR count). The monoisotopic (exact) mass is 360 g/mol. The van der Waals surface area contributed by atoms with E-state index in [0.29, 0.717) is 19.1 Å². The zero-order valence-corrected chi connectivity index (χ0v) is 16.0. The summed E-state index contributed by atoms with van der Waals surface area (Å²) in [6.07, 6.45) is 1.68. The SMILES string of the molecule is Cc1ccc(C(C)C)c(OCCn2c(-c3ccco3)nc3ccccc32)c1. The molecule has 0 saturated carbocycles. The number of rotatable bonds is 6. The molecule has 0 aliphatic carbocycles. The quantitative estimate of drug-likeness (QED) is 0.436. The summed E-state index contributed by atoms with van der Waals surface area (Å²) >= 11 is 0. The van der Waals surface area contributed by atoms with E-state index in [1.54, 1.807) is 6.26 Å². The first-order chi connectivity index (χ1) is 13.1. The molecule has 2 heterocycles. The maximum Gasteiger partial charge on any atom is 0.177 e. The average Bonchev–Trinajstić information content (AvgIpc) is 3.29. The van der Waals surface area contributed by atoms with Gasteiger partial charge in [-0.15, -0.1) is 0 Å². The molecule has 2 aromatic carbocycles. The molecular formula is C23H24N2O2. The van der Waals surface area contributed by atoms with Gasteiger partial charge < -0.3 is 13.7 Å². The minimum absolute atomic E-state index is 0.424. The summed E-state index contributed by atoms with van der Waals surface area (Å²) in [6, 6.07) is 18.4. The van der Waals surface area contributed by atoms with Gasteiger partial charge in [-0.1, -0.05) is 38.1 Å². The van der Waals surface area contributed by atoms with E-state index in [1.807, 2.05) is 30.3 Å². The number of nitrogens with zero attached hydrogens (tertiary/aromatic N) is 2. The van der Waals surface area contributed by atoms with Crippen LogP contribution in [0.2, 0.25) is 0 Å². The van der Waals surface area contributed by atoms with Crippen LogP contribution in [0.25, 0.3) is 22.6 Å². The summed E-state index contributed by atoms with van der Waals surface area (Å²) in [7, 11) is 0. The number of fused-ring (bicyclic) bond motifs is 1. The van der Waals surface area contributed by atoms with E-state index < -0.39 is 0 Å². The molecule has 27 heavy (non-hydrogen) atoms. The molecular weight excluding hydrogens is 336 g/mol. The van der Waals surface area contributed by atoms with Crippen LogP contribution in [0.15, 0.2) is 65.3 Å². The largest absolute Gasteiger partial charge is 0.491 e. The van der Waals surface area contributed by atoms with Crippen molar-refractivity contribution < 1.29 is 9.15 Å². The molecule has 0 spiro atoms. The van der Waals surface area contributed by atoms with E-state index in [2.05, 4.69) is 49.6 Å². The standard InChI is InChI=1S/C23H24N2O2/c1-16(2)18-11-10-17(3)15-22(18)27-14-12-25-20-8-5-4-7-19(20)24-23(25)21-9-6-13-26-21/h4-11,13,15-16H,12,14H2,1-3H3. The predicted molar refractivity (Wildman–Crippen MR) is 108 cm³/mol. The van der Waals surface area contributed by atoms with Gasteiger partial charge in [0.05, 0.1) is 23.8 Å². The van der Waals surface area contributed by atoms with Crippen LogP contribution in [0.4, 0.5) is 0 Å². The third-order valence-electron chi connectivity index (χ3n) is 4.76. The first-order valence-electron chi connectivity index (χ1n) is 9.36. The van der Waals surface area contributed by atoms with Crippen LogP contribution >= 0.6 is 0 Å². The van der Waals surface area contributed by atoms with Gasteiger partial charge in [-0.2, -0.15) is 0 Å². The molecule has 4 nitrogen and oxygen atoms in total. The van der Waals surface area contributed by atoms with Crippen molar-refractivity contribution in [1.29, 1.82) is 0 Å². The number of benzene rings is 2. The number of aryl methyl sites for hydroxylation is 1. The fourth-order valence-electron chi connectivity index (χ4n) is 3.39. The minimum Gasteiger partial charge on any atom is -0.491 e. The molecule has 0 N–H and O–H groups in total. The van der Waals surface area contributed by atoms with Crippen molar-refractivity contribution in [2.75, 3.05) is 6.61 Å². The van der Waals surface area contributed by atoms with Crippen LogP contribution in [-0.4, -0.2) is 16.2 Å². The summed E-state index contributed by atoms with van der Waals surface area (Å²) in [5.41, 5.74) is 4.49. The van der Waals surface area contributed by atoms with Crippen molar-refractivity contribution >= 4 is 11.0 Å². The Labute approximate surface area is 159 Å². The Morgan fingerprint density at radius 3 is 2.70 bits per heavy atom. The van der Waals surface area contributed by atoms with E-state index >= 15 is 0 Å². The maximum absolute atomic E-state index is 6.19. The number of hydrogen-bond acceptors (Lipinski definition) is 3. The highest BCUT2D eigenvalue weighted by Crippen LogP contribution is 2.28. The lowest BCUT2D eigenvalue weighted by Gasteiger charge is -2.16. The second-order valence-electron chi connectivity index (χ2n) is 7.10. The molecule has 0 amide bonds. The number of hydrogen-bond donors (Lipinski definition) is 0. The summed E-state index contributed by atoms with van der Waals surface area (Å²) in [4.78, 5) is 4.75. The molecule has 0 fully saturated rings. The lowest BCUT2D eigenvalue weighted by Crippen LogP contribution is -2.10.